The molecular formula is C19H16N2O5S. The van der Waals surface area contributed by atoms with E-state index < -0.39 is 24.5 Å². The smallest absolute Gasteiger partial charge is 0.338 e. The predicted molar refractivity (Wildman–Crippen MR) is 99.5 cm³/mol. The zero-order valence-electron chi connectivity index (χ0n) is 14.4. The molecule has 1 amide bonds. The van der Waals surface area contributed by atoms with Crippen molar-refractivity contribution in [3.05, 3.63) is 59.7 Å². The lowest BCUT2D eigenvalue weighted by Gasteiger charge is -2.10. The van der Waals surface area contributed by atoms with E-state index >= 15 is 0 Å². The van der Waals surface area contributed by atoms with E-state index in [4.69, 9.17) is 10.00 Å². The van der Waals surface area contributed by atoms with Crippen LogP contribution in [0.4, 0.5) is 5.69 Å². The Bertz CT molecular complexity index is 874. The minimum atomic E-state index is -0.686. The summed E-state index contributed by atoms with van der Waals surface area (Å²) >= 11 is 1.29. The van der Waals surface area contributed by atoms with Gasteiger partial charge >= 0.3 is 11.9 Å². The van der Waals surface area contributed by atoms with Gasteiger partial charge < -0.3 is 14.8 Å². The summed E-state index contributed by atoms with van der Waals surface area (Å²) in [5.74, 6) is -1.45. The Kier molecular flexibility index (Phi) is 7.40. The van der Waals surface area contributed by atoms with Gasteiger partial charge in [-0.3, -0.25) is 4.79 Å². The summed E-state index contributed by atoms with van der Waals surface area (Å²) in [4.78, 5) is 36.1. The van der Waals surface area contributed by atoms with E-state index in [-0.39, 0.29) is 11.3 Å². The molecule has 0 saturated heterocycles. The lowest BCUT2D eigenvalue weighted by molar-refractivity contribution is -0.119. The van der Waals surface area contributed by atoms with Crippen LogP contribution in [0.5, 0.6) is 0 Å². The standard InChI is InChI=1S/C19H16N2O5S/c1-25-18(23)13-6-8-14(9-7-13)19(24)26-12-17(22)21-15-4-2-3-5-16(15)27-11-10-20/h2-9H,11-12H2,1H3,(H,21,22). The monoisotopic (exact) mass is 384 g/mol. The van der Waals surface area contributed by atoms with Crippen molar-refractivity contribution >= 4 is 35.3 Å². The van der Waals surface area contributed by atoms with Crippen LogP contribution in [0.25, 0.3) is 0 Å². The highest BCUT2D eigenvalue weighted by atomic mass is 32.2. The second kappa shape index (κ2) is 9.99. The number of nitriles is 1. The summed E-state index contributed by atoms with van der Waals surface area (Å²) in [6, 6.07) is 14.8. The number of benzene rings is 2. The first kappa shape index (κ1) is 20.0. The van der Waals surface area contributed by atoms with E-state index in [9.17, 15) is 14.4 Å². The fraction of sp³-hybridized carbons (Fsp3) is 0.158. The number of thioether (sulfide) groups is 1. The predicted octanol–water partition coefficient (Wildman–Crippen LogP) is 2.88. The fourth-order valence-corrected chi connectivity index (χ4v) is 2.74. The first-order valence-corrected chi connectivity index (χ1v) is 8.78. The van der Waals surface area contributed by atoms with Crippen molar-refractivity contribution in [1.29, 1.82) is 5.26 Å². The van der Waals surface area contributed by atoms with Crippen molar-refractivity contribution < 1.29 is 23.9 Å². The summed E-state index contributed by atoms with van der Waals surface area (Å²) in [7, 11) is 1.26. The highest BCUT2D eigenvalue weighted by molar-refractivity contribution is 7.99. The number of methoxy groups -OCH3 is 1. The number of nitrogens with zero attached hydrogens (tertiary/aromatic N) is 1. The minimum Gasteiger partial charge on any atom is -0.465 e. The molecule has 7 nitrogen and oxygen atoms in total. The molecule has 0 atom stereocenters. The van der Waals surface area contributed by atoms with Gasteiger partial charge in [-0.25, -0.2) is 9.59 Å². The quantitative estimate of drug-likeness (QED) is 0.578. The number of para-hydroxylation sites is 1. The van der Waals surface area contributed by atoms with E-state index in [0.29, 0.717) is 11.3 Å². The van der Waals surface area contributed by atoms with Gasteiger partial charge in [0.2, 0.25) is 0 Å². The zero-order chi connectivity index (χ0) is 19.6. The van der Waals surface area contributed by atoms with Crippen molar-refractivity contribution in [2.45, 2.75) is 4.90 Å². The first-order valence-electron chi connectivity index (χ1n) is 7.79. The zero-order valence-corrected chi connectivity index (χ0v) is 15.2. The largest absolute Gasteiger partial charge is 0.465 e. The molecule has 0 radical (unpaired) electrons. The van der Waals surface area contributed by atoms with Crippen molar-refractivity contribution in [2.75, 3.05) is 24.8 Å². The molecule has 0 aliphatic heterocycles. The number of amides is 1. The number of ether oxygens (including phenoxy) is 2. The lowest BCUT2D eigenvalue weighted by Crippen LogP contribution is -2.21. The summed E-state index contributed by atoms with van der Waals surface area (Å²) < 4.78 is 9.56. The van der Waals surface area contributed by atoms with Crippen molar-refractivity contribution in [3.63, 3.8) is 0 Å². The van der Waals surface area contributed by atoms with Crippen LogP contribution in [0, 0.1) is 11.3 Å². The van der Waals surface area contributed by atoms with Gasteiger partial charge in [-0.05, 0) is 36.4 Å². The summed E-state index contributed by atoms with van der Waals surface area (Å²) in [5, 5.41) is 11.3. The third kappa shape index (κ3) is 5.87. The van der Waals surface area contributed by atoms with Crippen molar-refractivity contribution in [1.82, 2.24) is 0 Å². The number of hydrogen-bond acceptors (Lipinski definition) is 7. The number of esters is 2. The maximum atomic E-state index is 12.0. The van der Waals surface area contributed by atoms with Gasteiger partial charge in [-0.2, -0.15) is 5.26 Å². The van der Waals surface area contributed by atoms with Crippen LogP contribution in [0.3, 0.4) is 0 Å². The Morgan fingerprint density at radius 3 is 2.30 bits per heavy atom. The second-order valence-electron chi connectivity index (χ2n) is 5.14. The Morgan fingerprint density at radius 2 is 1.67 bits per heavy atom. The van der Waals surface area contributed by atoms with Crippen molar-refractivity contribution in [3.8, 4) is 6.07 Å². The molecule has 1 N–H and O–H groups in total. The molecule has 0 fully saturated rings. The average molecular weight is 384 g/mol. The van der Waals surface area contributed by atoms with Crippen LogP contribution >= 0.6 is 11.8 Å². The molecular weight excluding hydrogens is 368 g/mol. The van der Waals surface area contributed by atoms with Crippen LogP contribution in [-0.4, -0.2) is 37.3 Å². The van der Waals surface area contributed by atoms with Crippen LogP contribution in [0.2, 0.25) is 0 Å². The van der Waals surface area contributed by atoms with Gasteiger partial charge in [0, 0.05) is 4.90 Å². The average Bonchev–Trinajstić information content (AvgIpc) is 2.71. The number of hydrogen-bond donors (Lipinski definition) is 1. The molecule has 2 rings (SSSR count). The third-order valence-corrected chi connectivity index (χ3v) is 4.27. The molecule has 8 heteroatoms. The summed E-state index contributed by atoms with van der Waals surface area (Å²) in [5.41, 5.74) is 1.06. The minimum absolute atomic E-state index is 0.209. The van der Waals surface area contributed by atoms with Gasteiger partial charge in [0.1, 0.15) is 0 Å². The molecule has 0 aliphatic carbocycles. The maximum absolute atomic E-state index is 12.0. The fourth-order valence-electron chi connectivity index (χ4n) is 2.07. The van der Waals surface area contributed by atoms with Crippen LogP contribution in [0.15, 0.2) is 53.4 Å². The van der Waals surface area contributed by atoms with Crippen LogP contribution in [0.1, 0.15) is 20.7 Å². The molecule has 138 valence electrons. The van der Waals surface area contributed by atoms with E-state index in [1.807, 2.05) is 6.07 Å². The molecule has 0 unspecified atom stereocenters. The van der Waals surface area contributed by atoms with E-state index in [1.165, 1.54) is 43.1 Å². The Labute approximate surface area is 160 Å². The SMILES string of the molecule is COC(=O)c1ccc(C(=O)OCC(=O)Nc2ccccc2SCC#N)cc1. The Hall–Kier alpha value is -3.31. The molecule has 0 aliphatic rings. The van der Waals surface area contributed by atoms with Gasteiger partial charge in [0.25, 0.3) is 5.91 Å². The van der Waals surface area contributed by atoms with Gasteiger partial charge in [0.15, 0.2) is 6.61 Å². The normalized spacial score (nSPS) is 9.78. The first-order chi connectivity index (χ1) is 13.0. The molecule has 0 bridgehead atoms. The molecule has 0 saturated carbocycles. The molecule has 2 aromatic rings. The molecule has 0 aromatic heterocycles. The number of rotatable bonds is 7. The van der Waals surface area contributed by atoms with Crippen LogP contribution < -0.4 is 5.32 Å². The van der Waals surface area contributed by atoms with Crippen molar-refractivity contribution in [2.24, 2.45) is 0 Å². The lowest BCUT2D eigenvalue weighted by atomic mass is 10.1. The third-order valence-electron chi connectivity index (χ3n) is 3.33. The highest BCUT2D eigenvalue weighted by Gasteiger charge is 2.13. The molecule has 0 spiro atoms. The van der Waals surface area contributed by atoms with E-state index in [2.05, 4.69) is 10.1 Å². The van der Waals surface area contributed by atoms with Gasteiger partial charge in [0.05, 0.1) is 35.7 Å². The molecule has 27 heavy (non-hydrogen) atoms. The van der Waals surface area contributed by atoms with Crippen LogP contribution in [-0.2, 0) is 14.3 Å². The number of anilines is 1. The number of nitrogens with one attached hydrogen (secondary N) is 1. The highest BCUT2D eigenvalue weighted by Crippen LogP contribution is 2.26. The number of carbonyl (C=O) groups excluding carboxylic acids is 3. The van der Waals surface area contributed by atoms with E-state index in [0.717, 1.165) is 4.90 Å². The maximum Gasteiger partial charge on any atom is 0.338 e. The second-order valence-corrected chi connectivity index (χ2v) is 6.15. The number of carbonyl (C=O) groups is 3. The van der Waals surface area contributed by atoms with Gasteiger partial charge in [-0.15, -0.1) is 11.8 Å². The van der Waals surface area contributed by atoms with E-state index in [1.54, 1.807) is 24.3 Å². The van der Waals surface area contributed by atoms with Gasteiger partial charge in [-0.1, -0.05) is 12.1 Å². The molecule has 2 aromatic carbocycles. The molecule has 0 heterocycles. The Morgan fingerprint density at radius 1 is 1.04 bits per heavy atom. The summed E-state index contributed by atoms with van der Waals surface area (Å²) in [6.07, 6.45) is 0. The summed E-state index contributed by atoms with van der Waals surface area (Å²) in [6.45, 7) is -0.463. The Balaban J connectivity index is 1.91. The topological polar surface area (TPSA) is 105 Å².